The maximum absolute atomic E-state index is 14.0. The zero-order valence-corrected chi connectivity index (χ0v) is 20.3. The summed E-state index contributed by atoms with van der Waals surface area (Å²) in [6, 6.07) is 10.9. The first-order valence-electron chi connectivity index (χ1n) is 9.62. The molecule has 1 aromatic carbocycles. The molecule has 1 fully saturated rings. The number of halogens is 2. The molecule has 1 saturated heterocycles. The molecule has 30 heavy (non-hydrogen) atoms. The van der Waals surface area contributed by atoms with Crippen molar-refractivity contribution in [2.24, 2.45) is 4.99 Å². The molecular formula is C21H27FIN5OS. The van der Waals surface area contributed by atoms with Crippen molar-refractivity contribution in [1.29, 1.82) is 5.26 Å². The third-order valence-corrected chi connectivity index (χ3v) is 5.99. The fourth-order valence-electron chi connectivity index (χ4n) is 3.30. The number of aliphatic imine (C=N–C) groups is 1. The highest BCUT2D eigenvalue weighted by atomic mass is 127. The van der Waals surface area contributed by atoms with Crippen LogP contribution < -0.4 is 10.6 Å². The molecule has 0 aliphatic carbocycles. The van der Waals surface area contributed by atoms with E-state index in [1.54, 1.807) is 24.5 Å². The number of morpholine rings is 1. The van der Waals surface area contributed by atoms with Crippen LogP contribution in [-0.4, -0.2) is 50.8 Å². The molecule has 0 bridgehead atoms. The third kappa shape index (κ3) is 6.63. The van der Waals surface area contributed by atoms with Gasteiger partial charge in [0.1, 0.15) is 5.82 Å². The van der Waals surface area contributed by atoms with E-state index in [1.807, 2.05) is 6.07 Å². The molecule has 1 aliphatic rings. The highest BCUT2D eigenvalue weighted by Crippen LogP contribution is 2.27. The summed E-state index contributed by atoms with van der Waals surface area (Å²) in [5.41, 5.74) is 0.872. The van der Waals surface area contributed by atoms with E-state index in [2.05, 4.69) is 39.6 Å². The van der Waals surface area contributed by atoms with Crippen LogP contribution in [0, 0.1) is 24.1 Å². The van der Waals surface area contributed by atoms with E-state index in [1.165, 1.54) is 21.9 Å². The number of nitriles is 1. The lowest BCUT2D eigenvalue weighted by Gasteiger charge is -2.34. The molecular weight excluding hydrogens is 516 g/mol. The molecule has 0 amide bonds. The van der Waals surface area contributed by atoms with Crippen LogP contribution in [0.15, 0.2) is 35.3 Å². The van der Waals surface area contributed by atoms with Crippen molar-refractivity contribution >= 4 is 41.3 Å². The second-order valence-electron chi connectivity index (χ2n) is 6.84. The van der Waals surface area contributed by atoms with Gasteiger partial charge in [-0.2, -0.15) is 5.26 Å². The highest BCUT2D eigenvalue weighted by molar-refractivity contribution is 14.0. The minimum absolute atomic E-state index is 0. The summed E-state index contributed by atoms with van der Waals surface area (Å²) in [5, 5.41) is 15.5. The number of benzene rings is 1. The fraction of sp³-hybridized carbons (Fsp3) is 0.429. The molecule has 1 aromatic heterocycles. The number of guanidine groups is 1. The maximum atomic E-state index is 14.0. The van der Waals surface area contributed by atoms with Crippen molar-refractivity contribution < 1.29 is 9.13 Å². The Labute approximate surface area is 198 Å². The van der Waals surface area contributed by atoms with Crippen LogP contribution in [0.4, 0.5) is 4.39 Å². The van der Waals surface area contributed by atoms with Gasteiger partial charge in [-0.15, -0.1) is 35.3 Å². The zero-order valence-electron chi connectivity index (χ0n) is 17.2. The molecule has 1 unspecified atom stereocenters. The number of thiophene rings is 1. The van der Waals surface area contributed by atoms with E-state index in [9.17, 15) is 4.39 Å². The van der Waals surface area contributed by atoms with Gasteiger partial charge in [-0.3, -0.25) is 9.89 Å². The monoisotopic (exact) mass is 543 g/mol. The van der Waals surface area contributed by atoms with Crippen LogP contribution in [0.1, 0.15) is 26.9 Å². The van der Waals surface area contributed by atoms with Gasteiger partial charge in [0.2, 0.25) is 0 Å². The van der Waals surface area contributed by atoms with E-state index >= 15 is 0 Å². The molecule has 3 rings (SSSR count). The predicted molar refractivity (Wildman–Crippen MR) is 129 cm³/mol. The van der Waals surface area contributed by atoms with Gasteiger partial charge in [0.15, 0.2) is 5.96 Å². The summed E-state index contributed by atoms with van der Waals surface area (Å²) in [7, 11) is 1.69. The van der Waals surface area contributed by atoms with Crippen molar-refractivity contribution in [2.75, 3.05) is 39.9 Å². The molecule has 2 N–H and O–H groups in total. The van der Waals surface area contributed by atoms with Gasteiger partial charge < -0.3 is 15.4 Å². The van der Waals surface area contributed by atoms with E-state index in [0.717, 1.165) is 26.3 Å². The Bertz CT molecular complexity index is 892. The van der Waals surface area contributed by atoms with Crippen molar-refractivity contribution in [1.82, 2.24) is 15.5 Å². The Hall–Kier alpha value is -1.74. The molecule has 162 valence electrons. The molecule has 0 spiro atoms. The van der Waals surface area contributed by atoms with Crippen LogP contribution in [0.5, 0.6) is 0 Å². The van der Waals surface area contributed by atoms with Gasteiger partial charge >= 0.3 is 0 Å². The number of nitrogens with zero attached hydrogens (tertiary/aromatic N) is 3. The van der Waals surface area contributed by atoms with Gasteiger partial charge in [-0.1, -0.05) is 0 Å². The van der Waals surface area contributed by atoms with Crippen molar-refractivity contribution in [3.05, 3.63) is 57.0 Å². The van der Waals surface area contributed by atoms with E-state index in [-0.39, 0.29) is 42.4 Å². The van der Waals surface area contributed by atoms with Crippen LogP contribution >= 0.6 is 35.3 Å². The SMILES string of the molecule is CN=C(NCc1cc(C#N)ccc1F)NCC(c1ccc(C)s1)N1CCOCC1.I. The lowest BCUT2D eigenvalue weighted by atomic mass is 10.1. The first-order valence-corrected chi connectivity index (χ1v) is 10.4. The van der Waals surface area contributed by atoms with Gasteiger partial charge in [0.25, 0.3) is 0 Å². The summed E-state index contributed by atoms with van der Waals surface area (Å²) < 4.78 is 19.5. The number of ether oxygens (including phenoxy) is 1. The summed E-state index contributed by atoms with van der Waals surface area (Å²) in [6.07, 6.45) is 0. The number of rotatable bonds is 6. The topological polar surface area (TPSA) is 72.7 Å². The lowest BCUT2D eigenvalue weighted by molar-refractivity contribution is 0.0177. The Morgan fingerprint density at radius 1 is 1.30 bits per heavy atom. The average molecular weight is 543 g/mol. The first kappa shape index (κ1) is 24.5. The molecule has 6 nitrogen and oxygen atoms in total. The summed E-state index contributed by atoms with van der Waals surface area (Å²) in [5.74, 6) is 0.255. The Balaban J connectivity index is 0.00000320. The third-order valence-electron chi connectivity index (χ3n) is 4.88. The van der Waals surface area contributed by atoms with Crippen molar-refractivity contribution in [3.8, 4) is 6.07 Å². The molecule has 1 aliphatic heterocycles. The summed E-state index contributed by atoms with van der Waals surface area (Å²) in [4.78, 5) is 9.27. The van der Waals surface area contributed by atoms with Crippen LogP contribution in [0.25, 0.3) is 0 Å². The predicted octanol–water partition coefficient (Wildman–Crippen LogP) is 3.42. The normalized spacial score (nSPS) is 15.7. The number of hydrogen-bond acceptors (Lipinski definition) is 5. The summed E-state index contributed by atoms with van der Waals surface area (Å²) >= 11 is 1.80. The standard InChI is InChI=1S/C21H26FN5OS.HI/c1-15-3-6-20(29-15)19(27-7-9-28-10-8-27)14-26-21(24-2)25-13-17-11-16(12-23)4-5-18(17)22;/h3-6,11,19H,7-10,13-14H2,1-2H3,(H2,24,25,26);1H. The fourth-order valence-corrected chi connectivity index (χ4v) is 4.32. The Morgan fingerprint density at radius 2 is 2.07 bits per heavy atom. The van der Waals surface area contributed by atoms with Crippen molar-refractivity contribution in [2.45, 2.75) is 19.5 Å². The van der Waals surface area contributed by atoms with Crippen LogP contribution in [0.3, 0.4) is 0 Å². The zero-order chi connectivity index (χ0) is 20.6. The minimum Gasteiger partial charge on any atom is -0.379 e. The molecule has 2 heterocycles. The van der Waals surface area contributed by atoms with E-state index in [4.69, 9.17) is 10.00 Å². The van der Waals surface area contributed by atoms with E-state index in [0.29, 0.717) is 23.6 Å². The molecule has 0 saturated carbocycles. The minimum atomic E-state index is -0.341. The van der Waals surface area contributed by atoms with Gasteiger partial charge in [0, 0.05) is 48.5 Å². The molecule has 1 atom stereocenters. The first-order chi connectivity index (χ1) is 14.1. The lowest BCUT2D eigenvalue weighted by Crippen LogP contribution is -2.46. The molecule has 9 heteroatoms. The average Bonchev–Trinajstić information content (AvgIpc) is 3.18. The van der Waals surface area contributed by atoms with Crippen molar-refractivity contribution in [3.63, 3.8) is 0 Å². The van der Waals surface area contributed by atoms with E-state index < -0.39 is 0 Å². The van der Waals surface area contributed by atoms with Crippen LogP contribution in [0.2, 0.25) is 0 Å². The number of nitrogens with one attached hydrogen (secondary N) is 2. The van der Waals surface area contributed by atoms with Gasteiger partial charge in [0.05, 0.1) is 30.9 Å². The van der Waals surface area contributed by atoms with Gasteiger partial charge in [-0.25, -0.2) is 4.39 Å². The smallest absolute Gasteiger partial charge is 0.191 e. The summed E-state index contributed by atoms with van der Waals surface area (Å²) in [6.45, 7) is 6.30. The van der Waals surface area contributed by atoms with Crippen LogP contribution in [-0.2, 0) is 11.3 Å². The molecule has 2 aromatic rings. The Morgan fingerprint density at radius 3 is 2.70 bits per heavy atom. The Kier molecular flexibility index (Phi) is 9.97. The maximum Gasteiger partial charge on any atom is 0.191 e. The molecule has 0 radical (unpaired) electrons. The number of hydrogen-bond donors (Lipinski definition) is 2. The second kappa shape index (κ2) is 12.2. The van der Waals surface area contributed by atoms with Gasteiger partial charge in [-0.05, 0) is 37.3 Å². The second-order valence-corrected chi connectivity index (χ2v) is 8.16. The highest BCUT2D eigenvalue weighted by Gasteiger charge is 2.24. The quantitative estimate of drug-likeness (QED) is 0.332. The number of aryl methyl sites for hydroxylation is 1. The largest absolute Gasteiger partial charge is 0.379 e.